The lowest BCUT2D eigenvalue weighted by Gasteiger charge is -2.07. The first-order chi connectivity index (χ1) is 13.1. The second-order valence-electron chi connectivity index (χ2n) is 6.30. The van der Waals surface area contributed by atoms with Gasteiger partial charge in [-0.3, -0.25) is 4.18 Å². The lowest BCUT2D eigenvalue weighted by Crippen LogP contribution is -2.09. The van der Waals surface area contributed by atoms with Crippen LogP contribution in [0.1, 0.15) is 30.4 Å². The molecule has 6 heteroatoms. The standard InChI is InChI=1S/C21H28O5S/c1-19-10-12-21(13-11-19)27(22,23)26-17-7-16-24-14-5-6-15-25-18-20-8-3-2-4-9-20/h2-4,8-13H,5-7,14-18H2,1H3. The predicted octanol–water partition coefficient (Wildman–Crippen LogP) is 4.10. The van der Waals surface area contributed by atoms with Crippen molar-refractivity contribution in [1.82, 2.24) is 0 Å². The summed E-state index contributed by atoms with van der Waals surface area (Å²) in [5.41, 5.74) is 2.18. The molecular formula is C21H28O5S. The molecule has 0 unspecified atom stereocenters. The molecule has 0 aliphatic heterocycles. The monoisotopic (exact) mass is 392 g/mol. The zero-order valence-corrected chi connectivity index (χ0v) is 16.6. The van der Waals surface area contributed by atoms with Crippen LogP contribution in [0, 0.1) is 6.92 Å². The van der Waals surface area contributed by atoms with Gasteiger partial charge in [-0.15, -0.1) is 0 Å². The van der Waals surface area contributed by atoms with Crippen LogP contribution in [0.4, 0.5) is 0 Å². The van der Waals surface area contributed by atoms with Crippen LogP contribution in [0.2, 0.25) is 0 Å². The summed E-state index contributed by atoms with van der Waals surface area (Å²) >= 11 is 0. The summed E-state index contributed by atoms with van der Waals surface area (Å²) in [6.07, 6.45) is 2.39. The van der Waals surface area contributed by atoms with E-state index in [4.69, 9.17) is 13.7 Å². The molecule has 148 valence electrons. The minimum atomic E-state index is -3.68. The lowest BCUT2D eigenvalue weighted by atomic mass is 10.2. The van der Waals surface area contributed by atoms with Gasteiger partial charge in [-0.2, -0.15) is 8.42 Å². The Morgan fingerprint density at radius 3 is 2.07 bits per heavy atom. The lowest BCUT2D eigenvalue weighted by molar-refractivity contribution is 0.0910. The summed E-state index contributed by atoms with van der Waals surface area (Å²) in [5.74, 6) is 0. The second-order valence-corrected chi connectivity index (χ2v) is 7.92. The maximum Gasteiger partial charge on any atom is 0.296 e. The fraction of sp³-hybridized carbons (Fsp3) is 0.429. The molecule has 0 bridgehead atoms. The van der Waals surface area contributed by atoms with Gasteiger partial charge >= 0.3 is 0 Å². The van der Waals surface area contributed by atoms with Crippen molar-refractivity contribution in [3.05, 3.63) is 65.7 Å². The second kappa shape index (κ2) is 11.9. The SMILES string of the molecule is Cc1ccc(S(=O)(=O)OCCCOCCCCOCc2ccccc2)cc1. The molecule has 0 aromatic heterocycles. The van der Waals surface area contributed by atoms with Gasteiger partial charge in [0.15, 0.2) is 0 Å². The van der Waals surface area contributed by atoms with Crippen molar-refractivity contribution in [3.8, 4) is 0 Å². The number of hydrogen-bond acceptors (Lipinski definition) is 5. The highest BCUT2D eigenvalue weighted by Gasteiger charge is 2.14. The van der Waals surface area contributed by atoms with Crippen LogP contribution in [0.15, 0.2) is 59.5 Å². The third kappa shape index (κ3) is 8.67. The fourth-order valence-corrected chi connectivity index (χ4v) is 3.32. The van der Waals surface area contributed by atoms with Crippen molar-refractivity contribution in [2.45, 2.75) is 37.7 Å². The highest BCUT2D eigenvalue weighted by Crippen LogP contribution is 2.13. The molecular weight excluding hydrogens is 364 g/mol. The van der Waals surface area contributed by atoms with Crippen molar-refractivity contribution in [2.75, 3.05) is 26.4 Å². The van der Waals surface area contributed by atoms with E-state index in [9.17, 15) is 8.42 Å². The van der Waals surface area contributed by atoms with Crippen molar-refractivity contribution in [1.29, 1.82) is 0 Å². The van der Waals surface area contributed by atoms with E-state index in [0.29, 0.717) is 32.8 Å². The van der Waals surface area contributed by atoms with Gasteiger partial charge < -0.3 is 9.47 Å². The summed E-state index contributed by atoms with van der Waals surface area (Å²) < 4.78 is 40.2. The van der Waals surface area contributed by atoms with Gasteiger partial charge in [-0.1, -0.05) is 48.0 Å². The fourth-order valence-electron chi connectivity index (χ4n) is 2.38. The molecule has 0 saturated carbocycles. The van der Waals surface area contributed by atoms with E-state index >= 15 is 0 Å². The normalized spacial score (nSPS) is 11.6. The summed E-state index contributed by atoms with van der Waals surface area (Å²) in [6.45, 7) is 4.48. The highest BCUT2D eigenvalue weighted by atomic mass is 32.2. The van der Waals surface area contributed by atoms with E-state index in [1.54, 1.807) is 24.3 Å². The number of hydrogen-bond donors (Lipinski definition) is 0. The molecule has 0 atom stereocenters. The zero-order chi connectivity index (χ0) is 19.4. The molecule has 0 amide bonds. The summed E-state index contributed by atoms with van der Waals surface area (Å²) in [4.78, 5) is 0.185. The van der Waals surface area contributed by atoms with E-state index in [2.05, 4.69) is 0 Å². The molecule has 2 aromatic rings. The van der Waals surface area contributed by atoms with Crippen molar-refractivity contribution < 1.29 is 22.1 Å². The molecule has 0 fully saturated rings. The molecule has 0 radical (unpaired) electrons. The Balaban J connectivity index is 1.45. The molecule has 2 rings (SSSR count). The predicted molar refractivity (Wildman–Crippen MR) is 105 cm³/mol. The molecule has 5 nitrogen and oxygen atoms in total. The third-order valence-corrected chi connectivity index (χ3v) is 5.25. The number of ether oxygens (including phenoxy) is 2. The Kier molecular flexibility index (Phi) is 9.48. The Hall–Kier alpha value is -1.73. The highest BCUT2D eigenvalue weighted by molar-refractivity contribution is 7.86. The van der Waals surface area contributed by atoms with Gasteiger partial charge in [0.2, 0.25) is 0 Å². The maximum absolute atomic E-state index is 12.0. The Labute approximate surface area is 162 Å². The van der Waals surface area contributed by atoms with Crippen LogP contribution in [-0.4, -0.2) is 34.8 Å². The Morgan fingerprint density at radius 2 is 1.37 bits per heavy atom. The van der Waals surface area contributed by atoms with Crippen molar-refractivity contribution >= 4 is 10.1 Å². The maximum atomic E-state index is 12.0. The van der Waals surface area contributed by atoms with Crippen LogP contribution in [0.25, 0.3) is 0 Å². The van der Waals surface area contributed by atoms with Gasteiger partial charge in [0.25, 0.3) is 10.1 Å². The van der Waals surface area contributed by atoms with Gasteiger partial charge in [-0.25, -0.2) is 0 Å². The van der Waals surface area contributed by atoms with Gasteiger partial charge in [0.05, 0.1) is 18.1 Å². The molecule has 0 heterocycles. The van der Waals surface area contributed by atoms with E-state index in [1.807, 2.05) is 37.3 Å². The molecule has 2 aromatic carbocycles. The van der Waals surface area contributed by atoms with Crippen molar-refractivity contribution in [3.63, 3.8) is 0 Å². The van der Waals surface area contributed by atoms with Crippen LogP contribution in [0.5, 0.6) is 0 Å². The van der Waals surface area contributed by atoms with E-state index in [0.717, 1.165) is 18.4 Å². The minimum absolute atomic E-state index is 0.121. The number of benzene rings is 2. The molecule has 0 N–H and O–H groups in total. The molecule has 0 saturated heterocycles. The van der Waals surface area contributed by atoms with Gasteiger partial charge in [0.1, 0.15) is 0 Å². The minimum Gasteiger partial charge on any atom is -0.381 e. The van der Waals surface area contributed by atoms with Gasteiger partial charge in [0, 0.05) is 19.8 Å². The van der Waals surface area contributed by atoms with Crippen LogP contribution in [0.3, 0.4) is 0 Å². The number of unbranched alkanes of at least 4 members (excludes halogenated alkanes) is 1. The Bertz CT molecular complexity index is 742. The largest absolute Gasteiger partial charge is 0.381 e. The average molecular weight is 393 g/mol. The first-order valence-electron chi connectivity index (χ1n) is 9.23. The van der Waals surface area contributed by atoms with Crippen molar-refractivity contribution in [2.24, 2.45) is 0 Å². The molecule has 0 aliphatic rings. The third-order valence-electron chi connectivity index (χ3n) is 3.92. The first kappa shape index (κ1) is 21.6. The van der Waals surface area contributed by atoms with E-state index in [1.165, 1.54) is 5.56 Å². The van der Waals surface area contributed by atoms with Crippen LogP contribution < -0.4 is 0 Å². The van der Waals surface area contributed by atoms with E-state index in [-0.39, 0.29) is 11.5 Å². The smallest absolute Gasteiger partial charge is 0.296 e. The van der Waals surface area contributed by atoms with Crippen LogP contribution >= 0.6 is 0 Å². The Morgan fingerprint density at radius 1 is 0.741 bits per heavy atom. The molecule has 0 aliphatic carbocycles. The zero-order valence-electron chi connectivity index (χ0n) is 15.8. The number of aryl methyl sites for hydroxylation is 1. The summed E-state index contributed by atoms with van der Waals surface area (Å²) in [5, 5.41) is 0. The average Bonchev–Trinajstić information content (AvgIpc) is 2.67. The quantitative estimate of drug-likeness (QED) is 0.379. The first-order valence-corrected chi connectivity index (χ1v) is 10.6. The number of rotatable bonds is 13. The summed E-state index contributed by atoms with van der Waals surface area (Å²) in [6, 6.07) is 16.7. The molecule has 27 heavy (non-hydrogen) atoms. The molecule has 0 spiro atoms. The topological polar surface area (TPSA) is 61.8 Å². The summed E-state index contributed by atoms with van der Waals surface area (Å²) in [7, 11) is -3.68. The van der Waals surface area contributed by atoms with Crippen LogP contribution in [-0.2, 0) is 30.4 Å². The van der Waals surface area contributed by atoms with Gasteiger partial charge in [-0.05, 0) is 43.9 Å². The van der Waals surface area contributed by atoms with E-state index < -0.39 is 10.1 Å².